The molecule has 2 amide bonds. The van der Waals surface area contributed by atoms with Gasteiger partial charge in [0.1, 0.15) is 23.4 Å². The molecule has 2 N–H and O–H groups in total. The minimum atomic E-state index is -0.428. The number of nitrogens with one attached hydrogen (secondary N) is 2. The second-order valence-electron chi connectivity index (χ2n) is 9.32. The molecule has 36 heavy (non-hydrogen) atoms. The van der Waals surface area contributed by atoms with E-state index in [9.17, 15) is 14.9 Å². The second kappa shape index (κ2) is 9.96. The van der Waals surface area contributed by atoms with Gasteiger partial charge in [0.2, 0.25) is 5.91 Å². The summed E-state index contributed by atoms with van der Waals surface area (Å²) < 4.78 is 1.84. The van der Waals surface area contributed by atoms with Gasteiger partial charge in [-0.3, -0.25) is 9.59 Å². The monoisotopic (exact) mass is 497 g/mol. The SMILES string of the molecule is C[C@@H]1CCc2c(sc(NC(=O)Cn3c([C@H](C)NC(=O)c4ccccc4)nc4ccccc43)c2C#N)C1. The lowest BCUT2D eigenvalue weighted by Gasteiger charge is -2.17. The minimum Gasteiger partial charge on any atom is -0.342 e. The number of rotatable bonds is 6. The van der Waals surface area contributed by atoms with E-state index in [1.54, 1.807) is 12.1 Å². The van der Waals surface area contributed by atoms with Crippen molar-refractivity contribution in [3.05, 3.63) is 82.0 Å². The number of fused-ring (bicyclic) bond motifs is 2. The number of nitriles is 1. The van der Waals surface area contributed by atoms with Crippen LogP contribution in [0, 0.1) is 17.2 Å². The van der Waals surface area contributed by atoms with Crippen molar-refractivity contribution >= 4 is 39.2 Å². The first-order valence-electron chi connectivity index (χ1n) is 12.1. The van der Waals surface area contributed by atoms with Crippen molar-refractivity contribution in [1.82, 2.24) is 14.9 Å². The molecule has 8 heteroatoms. The maximum atomic E-state index is 13.2. The summed E-state index contributed by atoms with van der Waals surface area (Å²) in [6.45, 7) is 4.10. The Bertz CT molecular complexity index is 1480. The molecular weight excluding hydrogens is 470 g/mol. The van der Waals surface area contributed by atoms with Gasteiger partial charge in [0.15, 0.2) is 0 Å². The molecule has 0 spiro atoms. The van der Waals surface area contributed by atoms with Gasteiger partial charge in [-0.2, -0.15) is 5.26 Å². The van der Waals surface area contributed by atoms with Gasteiger partial charge in [-0.05, 0) is 61.9 Å². The van der Waals surface area contributed by atoms with Gasteiger partial charge in [-0.1, -0.05) is 37.3 Å². The van der Waals surface area contributed by atoms with E-state index in [1.165, 1.54) is 16.2 Å². The van der Waals surface area contributed by atoms with Crippen LogP contribution in [0.2, 0.25) is 0 Å². The topological polar surface area (TPSA) is 99.8 Å². The lowest BCUT2D eigenvalue weighted by molar-refractivity contribution is -0.116. The molecule has 0 aliphatic heterocycles. The first-order valence-corrected chi connectivity index (χ1v) is 12.9. The average molecular weight is 498 g/mol. The van der Waals surface area contributed by atoms with Gasteiger partial charge in [0, 0.05) is 10.4 Å². The lowest BCUT2D eigenvalue weighted by Crippen LogP contribution is -2.30. The molecule has 0 saturated carbocycles. The van der Waals surface area contributed by atoms with Crippen LogP contribution in [0.3, 0.4) is 0 Å². The highest BCUT2D eigenvalue weighted by Crippen LogP contribution is 2.39. The largest absolute Gasteiger partial charge is 0.342 e. The van der Waals surface area contributed by atoms with Crippen molar-refractivity contribution in [2.75, 3.05) is 5.32 Å². The Hall–Kier alpha value is -3.96. The van der Waals surface area contributed by atoms with Crippen LogP contribution in [-0.4, -0.2) is 21.4 Å². The van der Waals surface area contributed by atoms with Gasteiger partial charge in [0.25, 0.3) is 5.91 Å². The second-order valence-corrected chi connectivity index (χ2v) is 10.4. The third-order valence-corrected chi connectivity index (χ3v) is 7.80. The molecule has 1 aliphatic carbocycles. The highest BCUT2D eigenvalue weighted by Gasteiger charge is 2.26. The average Bonchev–Trinajstić information content (AvgIpc) is 3.41. The van der Waals surface area contributed by atoms with E-state index in [1.807, 2.05) is 54.0 Å². The van der Waals surface area contributed by atoms with E-state index in [0.29, 0.717) is 27.9 Å². The number of imidazole rings is 1. The molecule has 7 nitrogen and oxygen atoms in total. The van der Waals surface area contributed by atoms with Crippen molar-refractivity contribution in [2.45, 2.75) is 45.7 Å². The third kappa shape index (κ3) is 4.62. The zero-order valence-electron chi connectivity index (χ0n) is 20.2. The molecule has 0 unspecified atom stereocenters. The van der Waals surface area contributed by atoms with E-state index in [0.717, 1.165) is 35.9 Å². The Balaban J connectivity index is 1.40. The zero-order chi connectivity index (χ0) is 25.2. The number of aromatic nitrogens is 2. The number of anilines is 1. The minimum absolute atomic E-state index is 0.0191. The van der Waals surface area contributed by atoms with Crippen LogP contribution in [0.1, 0.15) is 58.5 Å². The smallest absolute Gasteiger partial charge is 0.251 e. The molecule has 0 bridgehead atoms. The first-order chi connectivity index (χ1) is 17.4. The number of benzene rings is 2. The van der Waals surface area contributed by atoms with Crippen LogP contribution in [0.4, 0.5) is 5.00 Å². The van der Waals surface area contributed by atoms with Crippen LogP contribution in [-0.2, 0) is 24.2 Å². The number of hydrogen-bond acceptors (Lipinski definition) is 5. The maximum absolute atomic E-state index is 13.2. The van der Waals surface area contributed by atoms with Gasteiger partial charge in [-0.15, -0.1) is 11.3 Å². The maximum Gasteiger partial charge on any atom is 0.251 e. The molecule has 5 rings (SSSR count). The molecular formula is C28H27N5O2S. The van der Waals surface area contributed by atoms with E-state index in [4.69, 9.17) is 4.98 Å². The lowest BCUT2D eigenvalue weighted by atomic mass is 9.89. The predicted molar refractivity (Wildman–Crippen MR) is 141 cm³/mol. The zero-order valence-corrected chi connectivity index (χ0v) is 21.1. The van der Waals surface area contributed by atoms with Crippen LogP contribution < -0.4 is 10.6 Å². The summed E-state index contributed by atoms with van der Waals surface area (Å²) in [4.78, 5) is 31.9. The number of amides is 2. The summed E-state index contributed by atoms with van der Waals surface area (Å²) >= 11 is 1.52. The van der Waals surface area contributed by atoms with E-state index in [2.05, 4.69) is 23.6 Å². The van der Waals surface area contributed by atoms with E-state index >= 15 is 0 Å². The highest BCUT2D eigenvalue weighted by molar-refractivity contribution is 7.16. The summed E-state index contributed by atoms with van der Waals surface area (Å²) in [5, 5.41) is 16.4. The number of para-hydroxylation sites is 2. The predicted octanol–water partition coefficient (Wildman–Crippen LogP) is 5.22. The number of thiophene rings is 1. The normalized spacial score (nSPS) is 15.6. The molecule has 1 aliphatic rings. The van der Waals surface area contributed by atoms with Crippen molar-refractivity contribution in [3.8, 4) is 6.07 Å². The molecule has 4 aromatic rings. The molecule has 0 fully saturated rings. The summed E-state index contributed by atoms with van der Waals surface area (Å²) in [7, 11) is 0. The van der Waals surface area contributed by atoms with Gasteiger partial charge in [0.05, 0.1) is 22.6 Å². The van der Waals surface area contributed by atoms with Crippen molar-refractivity contribution in [2.24, 2.45) is 5.92 Å². The van der Waals surface area contributed by atoms with Crippen LogP contribution >= 0.6 is 11.3 Å². The fourth-order valence-corrected chi connectivity index (χ4v) is 6.17. The highest BCUT2D eigenvalue weighted by atomic mass is 32.1. The standard InChI is InChI=1S/C28H27N5O2S/c1-17-12-13-20-21(15-29)28(36-24(20)14-17)32-25(34)16-33-23-11-7-6-10-22(23)31-26(33)18(2)30-27(35)19-8-4-3-5-9-19/h3-11,17-18H,12-14,16H2,1-2H3,(H,30,35)(H,32,34)/t17-,18+/m1/s1. The van der Waals surface area contributed by atoms with Crippen molar-refractivity contribution in [1.29, 1.82) is 5.26 Å². The van der Waals surface area contributed by atoms with Crippen molar-refractivity contribution in [3.63, 3.8) is 0 Å². The molecule has 2 atom stereocenters. The van der Waals surface area contributed by atoms with Gasteiger partial charge in [-0.25, -0.2) is 4.98 Å². The molecule has 2 aromatic heterocycles. The van der Waals surface area contributed by atoms with Gasteiger partial charge < -0.3 is 15.2 Å². The Labute approximate surface area is 213 Å². The summed E-state index contributed by atoms with van der Waals surface area (Å²) in [5.41, 5.74) is 3.80. The molecule has 0 radical (unpaired) electrons. The quantitative estimate of drug-likeness (QED) is 0.381. The third-order valence-electron chi connectivity index (χ3n) is 6.63. The summed E-state index contributed by atoms with van der Waals surface area (Å²) in [6, 6.07) is 18.5. The van der Waals surface area contributed by atoms with Crippen LogP contribution in [0.15, 0.2) is 54.6 Å². The fourth-order valence-electron chi connectivity index (χ4n) is 4.79. The number of nitrogens with zero attached hydrogens (tertiary/aromatic N) is 3. The summed E-state index contributed by atoms with van der Waals surface area (Å²) in [5.74, 6) is 0.737. The van der Waals surface area contributed by atoms with Crippen LogP contribution in [0.5, 0.6) is 0 Å². The Kier molecular flexibility index (Phi) is 6.57. The number of hydrogen-bond donors (Lipinski definition) is 2. The van der Waals surface area contributed by atoms with Crippen molar-refractivity contribution < 1.29 is 9.59 Å². The molecule has 182 valence electrons. The van der Waals surface area contributed by atoms with Crippen LogP contribution in [0.25, 0.3) is 11.0 Å². The number of carbonyl (C=O) groups excluding carboxylic acids is 2. The van der Waals surface area contributed by atoms with E-state index < -0.39 is 6.04 Å². The molecule has 0 saturated heterocycles. The van der Waals surface area contributed by atoms with E-state index in [-0.39, 0.29) is 18.4 Å². The molecule has 2 heterocycles. The van der Waals surface area contributed by atoms with Gasteiger partial charge >= 0.3 is 0 Å². The first kappa shape index (κ1) is 23.8. The Morgan fingerprint density at radius 2 is 1.94 bits per heavy atom. The number of carbonyl (C=O) groups is 2. The Morgan fingerprint density at radius 3 is 2.72 bits per heavy atom. The summed E-state index contributed by atoms with van der Waals surface area (Å²) in [6.07, 6.45) is 2.88. The molecule has 2 aromatic carbocycles. The Morgan fingerprint density at radius 1 is 1.19 bits per heavy atom. The fraction of sp³-hybridized carbons (Fsp3) is 0.286.